The Morgan fingerprint density at radius 1 is 0.696 bits per heavy atom. The average Bonchev–Trinajstić information content (AvgIpc) is 2.55. The van der Waals surface area contributed by atoms with Crippen molar-refractivity contribution in [2.75, 3.05) is 6.61 Å². The minimum atomic E-state index is -1.22. The summed E-state index contributed by atoms with van der Waals surface area (Å²) in [6, 6.07) is 16.2. The molecule has 0 radical (unpaired) electrons. The van der Waals surface area contributed by atoms with E-state index in [1.165, 1.54) is 24.3 Å². The van der Waals surface area contributed by atoms with E-state index in [2.05, 4.69) is 9.47 Å². The van der Waals surface area contributed by atoms with Crippen LogP contribution >= 0.6 is 0 Å². The summed E-state index contributed by atoms with van der Waals surface area (Å²) < 4.78 is 18.4. The molecule has 0 aliphatic heterocycles. The maximum Gasteiger partial charge on any atom is 0.521 e. The minimum Gasteiger partial charge on any atom is -0.422 e. The van der Waals surface area contributed by atoms with Gasteiger partial charge in [0, 0.05) is 0 Å². The highest BCUT2D eigenvalue weighted by molar-refractivity contribution is 5.84. The molecule has 2 rings (SSSR count). The average molecular weight is 316 g/mol. The van der Waals surface area contributed by atoms with Gasteiger partial charge in [-0.1, -0.05) is 36.4 Å². The Kier molecular flexibility index (Phi) is 5.70. The van der Waals surface area contributed by atoms with Crippen LogP contribution in [0, 0.1) is 0 Å². The lowest BCUT2D eigenvalue weighted by Gasteiger charge is -2.06. The largest absolute Gasteiger partial charge is 0.521 e. The van der Waals surface area contributed by atoms with Crippen LogP contribution in [0.25, 0.3) is 0 Å². The molecule has 7 heteroatoms. The highest BCUT2D eigenvalue weighted by Crippen LogP contribution is 2.10. The van der Waals surface area contributed by atoms with Gasteiger partial charge in [-0.25, -0.2) is 14.4 Å². The van der Waals surface area contributed by atoms with Crippen molar-refractivity contribution in [1.82, 2.24) is 0 Å². The Morgan fingerprint density at radius 2 is 1.17 bits per heavy atom. The zero-order chi connectivity index (χ0) is 16.5. The fourth-order valence-electron chi connectivity index (χ4n) is 1.46. The van der Waals surface area contributed by atoms with Crippen molar-refractivity contribution in [1.29, 1.82) is 0 Å². The molecule has 0 fully saturated rings. The van der Waals surface area contributed by atoms with E-state index in [0.717, 1.165) is 0 Å². The molecule has 118 valence electrons. The zero-order valence-corrected chi connectivity index (χ0v) is 11.8. The van der Waals surface area contributed by atoms with Gasteiger partial charge in [0.05, 0.1) is 0 Å². The number of para-hydroxylation sites is 2. The van der Waals surface area contributed by atoms with Crippen molar-refractivity contribution in [3.8, 4) is 11.5 Å². The molecule has 0 saturated heterocycles. The Labute approximate surface area is 131 Å². The van der Waals surface area contributed by atoms with Crippen LogP contribution in [0.15, 0.2) is 60.7 Å². The van der Waals surface area contributed by atoms with Crippen LogP contribution in [0.2, 0.25) is 0 Å². The van der Waals surface area contributed by atoms with Gasteiger partial charge in [0.2, 0.25) is 0 Å². The topological polar surface area (TPSA) is 88.1 Å². The number of carbonyl (C=O) groups excluding carboxylic acids is 3. The molecule has 0 spiro atoms. The summed E-state index contributed by atoms with van der Waals surface area (Å²) in [4.78, 5) is 34.0. The van der Waals surface area contributed by atoms with Gasteiger partial charge in [-0.05, 0) is 24.3 Å². The first-order valence-electron chi connectivity index (χ1n) is 6.50. The highest BCUT2D eigenvalue weighted by atomic mass is 16.8. The molecule has 7 nitrogen and oxygen atoms in total. The third kappa shape index (κ3) is 5.88. The summed E-state index contributed by atoms with van der Waals surface area (Å²) in [5, 5.41) is 0. The van der Waals surface area contributed by atoms with Crippen molar-refractivity contribution < 1.29 is 33.3 Å². The zero-order valence-electron chi connectivity index (χ0n) is 11.8. The minimum absolute atomic E-state index is 0.217. The quantitative estimate of drug-likeness (QED) is 0.487. The van der Waals surface area contributed by atoms with E-state index in [0.29, 0.717) is 0 Å². The third-order valence-electron chi connectivity index (χ3n) is 2.39. The van der Waals surface area contributed by atoms with Gasteiger partial charge < -0.3 is 18.9 Å². The molecular weight excluding hydrogens is 304 g/mol. The van der Waals surface area contributed by atoms with Crippen LogP contribution in [0.4, 0.5) is 9.59 Å². The Balaban J connectivity index is 1.70. The molecule has 0 aliphatic carbocycles. The predicted molar refractivity (Wildman–Crippen MR) is 77.0 cm³/mol. The molecule has 2 aromatic carbocycles. The van der Waals surface area contributed by atoms with Gasteiger partial charge in [-0.3, -0.25) is 0 Å². The summed E-state index contributed by atoms with van der Waals surface area (Å²) in [6.45, 7) is -0.782. The second kappa shape index (κ2) is 8.18. The van der Waals surface area contributed by atoms with E-state index in [-0.39, 0.29) is 11.5 Å². The van der Waals surface area contributed by atoms with Crippen LogP contribution in [0.5, 0.6) is 11.5 Å². The summed E-state index contributed by atoms with van der Waals surface area (Å²) in [6.07, 6.45) is -2.31. The molecular formula is C16H12O7. The van der Waals surface area contributed by atoms with Crippen LogP contribution in [0.1, 0.15) is 0 Å². The molecule has 0 bridgehead atoms. The van der Waals surface area contributed by atoms with E-state index in [9.17, 15) is 14.4 Å². The lowest BCUT2D eigenvalue weighted by molar-refractivity contribution is -0.142. The molecule has 0 saturated carbocycles. The lowest BCUT2D eigenvalue weighted by atomic mass is 10.3. The van der Waals surface area contributed by atoms with Crippen molar-refractivity contribution in [3.63, 3.8) is 0 Å². The van der Waals surface area contributed by atoms with Gasteiger partial charge >= 0.3 is 18.3 Å². The second-order valence-corrected chi connectivity index (χ2v) is 4.09. The molecule has 0 heterocycles. The van der Waals surface area contributed by atoms with E-state index in [1.807, 2.05) is 0 Å². The normalized spacial score (nSPS) is 9.57. The van der Waals surface area contributed by atoms with E-state index >= 15 is 0 Å². The molecule has 0 N–H and O–H groups in total. The number of ether oxygens (including phenoxy) is 4. The maximum atomic E-state index is 11.3. The summed E-state index contributed by atoms with van der Waals surface area (Å²) in [5.74, 6) is -0.611. The fraction of sp³-hybridized carbons (Fsp3) is 0.0625. The van der Waals surface area contributed by atoms with Crippen LogP contribution in [-0.4, -0.2) is 24.9 Å². The first-order chi connectivity index (χ1) is 11.1. The Hall–Kier alpha value is -3.35. The number of rotatable bonds is 4. The maximum absolute atomic E-state index is 11.3. The van der Waals surface area contributed by atoms with Gasteiger partial charge in [0.15, 0.2) is 6.61 Å². The lowest BCUT2D eigenvalue weighted by Crippen LogP contribution is -2.23. The summed E-state index contributed by atoms with van der Waals surface area (Å²) in [5.41, 5.74) is 0. The van der Waals surface area contributed by atoms with Crippen molar-refractivity contribution >= 4 is 18.3 Å². The molecule has 2 aromatic rings. The van der Waals surface area contributed by atoms with Gasteiger partial charge in [-0.15, -0.1) is 0 Å². The Morgan fingerprint density at radius 3 is 1.70 bits per heavy atom. The van der Waals surface area contributed by atoms with Gasteiger partial charge in [-0.2, -0.15) is 0 Å². The van der Waals surface area contributed by atoms with E-state index < -0.39 is 24.9 Å². The fourth-order valence-corrected chi connectivity index (χ4v) is 1.46. The predicted octanol–water partition coefficient (Wildman–Crippen LogP) is 2.94. The van der Waals surface area contributed by atoms with Crippen molar-refractivity contribution in [2.24, 2.45) is 0 Å². The Bertz CT molecular complexity index is 667. The second-order valence-electron chi connectivity index (χ2n) is 4.09. The molecule has 0 aliphatic rings. The van der Waals surface area contributed by atoms with Gasteiger partial charge in [0.1, 0.15) is 11.5 Å². The molecule has 0 atom stereocenters. The number of hydrogen-bond donors (Lipinski definition) is 0. The SMILES string of the molecule is O=C(COC(=O)Oc1ccccc1)OC(=O)Oc1ccccc1. The van der Waals surface area contributed by atoms with Gasteiger partial charge in [0.25, 0.3) is 0 Å². The van der Waals surface area contributed by atoms with Crippen LogP contribution in [-0.2, 0) is 14.3 Å². The standard InChI is InChI=1S/C16H12O7/c17-14(23-16(19)22-13-9-5-2-6-10-13)11-20-15(18)21-12-7-3-1-4-8-12/h1-10H,11H2. The first kappa shape index (κ1) is 16.0. The number of hydrogen-bond acceptors (Lipinski definition) is 7. The molecule has 0 aromatic heterocycles. The first-order valence-corrected chi connectivity index (χ1v) is 6.50. The third-order valence-corrected chi connectivity index (χ3v) is 2.39. The van der Waals surface area contributed by atoms with Crippen molar-refractivity contribution in [2.45, 2.75) is 0 Å². The van der Waals surface area contributed by atoms with E-state index in [4.69, 9.17) is 9.47 Å². The molecule has 0 amide bonds. The van der Waals surface area contributed by atoms with Crippen LogP contribution in [0.3, 0.4) is 0 Å². The van der Waals surface area contributed by atoms with Crippen LogP contribution < -0.4 is 9.47 Å². The number of carbonyl (C=O) groups is 3. The molecule has 0 unspecified atom stereocenters. The summed E-state index contributed by atoms with van der Waals surface area (Å²) >= 11 is 0. The number of esters is 1. The summed E-state index contributed by atoms with van der Waals surface area (Å²) in [7, 11) is 0. The highest BCUT2D eigenvalue weighted by Gasteiger charge is 2.16. The monoisotopic (exact) mass is 316 g/mol. The van der Waals surface area contributed by atoms with Crippen molar-refractivity contribution in [3.05, 3.63) is 60.7 Å². The smallest absolute Gasteiger partial charge is 0.422 e. The number of benzene rings is 2. The van der Waals surface area contributed by atoms with E-state index in [1.54, 1.807) is 36.4 Å². The molecule has 23 heavy (non-hydrogen) atoms.